The second-order valence-corrected chi connectivity index (χ2v) is 9.41. The molecule has 1 N–H and O–H groups in total. The third-order valence-electron chi connectivity index (χ3n) is 5.08. The predicted octanol–water partition coefficient (Wildman–Crippen LogP) is 7.02. The largest absolute Gasteiger partial charge is 0.298 e. The van der Waals surface area contributed by atoms with Crippen molar-refractivity contribution in [2.75, 3.05) is 5.32 Å². The molecular formula is C24H22N2OS2. The molecule has 0 saturated heterocycles. The lowest BCUT2D eigenvalue weighted by molar-refractivity contribution is 0.102. The summed E-state index contributed by atoms with van der Waals surface area (Å²) in [6.45, 7) is 8.30. The molecule has 0 atom stereocenters. The molecule has 29 heavy (non-hydrogen) atoms. The van der Waals surface area contributed by atoms with Crippen LogP contribution in [0.15, 0.2) is 53.9 Å². The van der Waals surface area contributed by atoms with Crippen molar-refractivity contribution in [2.24, 2.45) is 0 Å². The summed E-state index contributed by atoms with van der Waals surface area (Å²) in [6.07, 6.45) is 0. The SMILES string of the molecule is Cc1ccc(-c2nc(NC(=O)c3csc(C)c3-c3ccccc3)sc2C)cc1C. The van der Waals surface area contributed by atoms with E-state index in [2.05, 4.69) is 44.3 Å². The summed E-state index contributed by atoms with van der Waals surface area (Å²) in [5.74, 6) is -0.117. The number of thiazole rings is 1. The van der Waals surface area contributed by atoms with Gasteiger partial charge in [-0.1, -0.05) is 42.5 Å². The molecule has 2 heterocycles. The Morgan fingerprint density at radius 3 is 2.38 bits per heavy atom. The summed E-state index contributed by atoms with van der Waals surface area (Å²) in [7, 11) is 0. The highest BCUT2D eigenvalue weighted by Crippen LogP contribution is 2.35. The third-order valence-corrected chi connectivity index (χ3v) is 6.88. The number of carbonyl (C=O) groups excluding carboxylic acids is 1. The van der Waals surface area contributed by atoms with E-state index in [-0.39, 0.29) is 5.91 Å². The average Bonchev–Trinajstić information content (AvgIpc) is 3.27. The molecule has 4 aromatic rings. The molecule has 146 valence electrons. The number of hydrogen-bond donors (Lipinski definition) is 1. The first-order chi connectivity index (χ1) is 13.9. The smallest absolute Gasteiger partial charge is 0.258 e. The third kappa shape index (κ3) is 3.88. The molecule has 1 amide bonds. The lowest BCUT2D eigenvalue weighted by Crippen LogP contribution is -2.12. The lowest BCUT2D eigenvalue weighted by Gasteiger charge is -2.06. The van der Waals surface area contributed by atoms with E-state index in [0.29, 0.717) is 10.7 Å². The van der Waals surface area contributed by atoms with Gasteiger partial charge in [-0.3, -0.25) is 10.1 Å². The van der Waals surface area contributed by atoms with Gasteiger partial charge in [0.2, 0.25) is 0 Å². The lowest BCUT2D eigenvalue weighted by atomic mass is 10.0. The van der Waals surface area contributed by atoms with Crippen LogP contribution in [0.5, 0.6) is 0 Å². The minimum Gasteiger partial charge on any atom is -0.298 e. The normalized spacial score (nSPS) is 10.9. The summed E-state index contributed by atoms with van der Waals surface area (Å²) in [5.41, 5.74) is 7.26. The zero-order valence-corrected chi connectivity index (χ0v) is 18.5. The van der Waals surface area contributed by atoms with Crippen LogP contribution in [-0.2, 0) is 0 Å². The topological polar surface area (TPSA) is 42.0 Å². The molecule has 0 aliphatic rings. The molecule has 0 saturated carbocycles. The first kappa shape index (κ1) is 19.6. The molecule has 4 rings (SSSR count). The number of carbonyl (C=O) groups is 1. The fourth-order valence-electron chi connectivity index (χ4n) is 3.36. The average molecular weight is 419 g/mol. The Morgan fingerprint density at radius 1 is 0.897 bits per heavy atom. The van der Waals surface area contributed by atoms with E-state index in [1.165, 1.54) is 22.5 Å². The van der Waals surface area contributed by atoms with E-state index in [4.69, 9.17) is 4.98 Å². The van der Waals surface area contributed by atoms with Crippen LogP contribution in [-0.4, -0.2) is 10.9 Å². The van der Waals surface area contributed by atoms with Crippen molar-refractivity contribution in [1.29, 1.82) is 0 Å². The van der Waals surface area contributed by atoms with Gasteiger partial charge in [0.15, 0.2) is 5.13 Å². The van der Waals surface area contributed by atoms with Crippen LogP contribution in [0.3, 0.4) is 0 Å². The number of nitrogens with zero attached hydrogens (tertiary/aromatic N) is 1. The maximum atomic E-state index is 13.0. The predicted molar refractivity (Wildman–Crippen MR) is 124 cm³/mol. The summed E-state index contributed by atoms with van der Waals surface area (Å²) < 4.78 is 0. The van der Waals surface area contributed by atoms with Crippen LogP contribution in [0.4, 0.5) is 5.13 Å². The van der Waals surface area contributed by atoms with Crippen molar-refractivity contribution in [3.63, 3.8) is 0 Å². The quantitative estimate of drug-likeness (QED) is 0.387. The summed E-state index contributed by atoms with van der Waals surface area (Å²) >= 11 is 3.11. The van der Waals surface area contributed by atoms with Crippen LogP contribution in [0.1, 0.15) is 31.2 Å². The number of benzene rings is 2. The zero-order valence-electron chi connectivity index (χ0n) is 16.9. The highest BCUT2D eigenvalue weighted by Gasteiger charge is 2.19. The maximum absolute atomic E-state index is 13.0. The first-order valence-electron chi connectivity index (χ1n) is 9.44. The zero-order chi connectivity index (χ0) is 20.5. The Labute approximate surface area is 179 Å². The van der Waals surface area contributed by atoms with E-state index in [1.54, 1.807) is 11.3 Å². The van der Waals surface area contributed by atoms with Crippen LogP contribution in [0, 0.1) is 27.7 Å². The minimum atomic E-state index is -0.117. The van der Waals surface area contributed by atoms with E-state index >= 15 is 0 Å². The van der Waals surface area contributed by atoms with Crippen molar-refractivity contribution in [2.45, 2.75) is 27.7 Å². The Bertz CT molecular complexity index is 1190. The van der Waals surface area contributed by atoms with Crippen molar-refractivity contribution in [3.05, 3.63) is 80.4 Å². The number of nitrogens with one attached hydrogen (secondary N) is 1. The van der Waals surface area contributed by atoms with Gasteiger partial charge in [-0.25, -0.2) is 4.98 Å². The molecule has 3 nitrogen and oxygen atoms in total. The molecule has 0 spiro atoms. The highest BCUT2D eigenvalue weighted by atomic mass is 32.1. The standard InChI is InChI=1S/C24H22N2OS2/c1-14-10-11-19(12-15(14)2)22-17(4)29-24(25-22)26-23(27)20-13-28-16(3)21(20)18-8-6-5-7-9-18/h5-13H,1-4H3,(H,25,26,27). The van der Waals surface area contributed by atoms with Crippen LogP contribution in [0.2, 0.25) is 0 Å². The molecule has 0 bridgehead atoms. The molecular weight excluding hydrogens is 396 g/mol. The van der Waals surface area contributed by atoms with Crippen LogP contribution in [0.25, 0.3) is 22.4 Å². The number of anilines is 1. The number of thiophene rings is 1. The fourth-order valence-corrected chi connectivity index (χ4v) is 5.05. The molecule has 2 aromatic carbocycles. The monoisotopic (exact) mass is 418 g/mol. The number of aromatic nitrogens is 1. The van der Waals surface area contributed by atoms with Gasteiger partial charge < -0.3 is 0 Å². The van der Waals surface area contributed by atoms with Crippen molar-refractivity contribution in [3.8, 4) is 22.4 Å². The van der Waals surface area contributed by atoms with Gasteiger partial charge in [0.25, 0.3) is 5.91 Å². The van der Waals surface area contributed by atoms with Gasteiger partial charge in [-0.2, -0.15) is 0 Å². The van der Waals surface area contributed by atoms with Gasteiger partial charge in [0.1, 0.15) is 0 Å². The molecule has 0 radical (unpaired) electrons. The Balaban J connectivity index is 1.63. The van der Waals surface area contributed by atoms with Gasteiger partial charge in [-0.05, 0) is 50.5 Å². The molecule has 0 fully saturated rings. The number of rotatable bonds is 4. The summed E-state index contributed by atoms with van der Waals surface area (Å²) in [5, 5.41) is 5.57. The summed E-state index contributed by atoms with van der Waals surface area (Å²) in [4.78, 5) is 20.0. The fraction of sp³-hybridized carbons (Fsp3) is 0.167. The minimum absolute atomic E-state index is 0.117. The Kier molecular flexibility index (Phi) is 5.35. The second-order valence-electron chi connectivity index (χ2n) is 7.12. The van der Waals surface area contributed by atoms with Crippen molar-refractivity contribution >= 4 is 33.7 Å². The van der Waals surface area contributed by atoms with Gasteiger partial charge in [0.05, 0.1) is 11.3 Å². The summed E-state index contributed by atoms with van der Waals surface area (Å²) in [6, 6.07) is 16.4. The van der Waals surface area contributed by atoms with Gasteiger partial charge in [-0.15, -0.1) is 22.7 Å². The molecule has 0 aliphatic heterocycles. The number of amides is 1. The van der Waals surface area contributed by atoms with Gasteiger partial charge >= 0.3 is 0 Å². The molecule has 5 heteroatoms. The maximum Gasteiger partial charge on any atom is 0.258 e. The molecule has 0 aliphatic carbocycles. The molecule has 2 aromatic heterocycles. The Morgan fingerprint density at radius 2 is 1.66 bits per heavy atom. The second kappa shape index (κ2) is 7.93. The highest BCUT2D eigenvalue weighted by molar-refractivity contribution is 7.16. The van der Waals surface area contributed by atoms with E-state index in [0.717, 1.165) is 32.1 Å². The van der Waals surface area contributed by atoms with Gasteiger partial charge in [0, 0.05) is 26.3 Å². The van der Waals surface area contributed by atoms with Crippen molar-refractivity contribution < 1.29 is 4.79 Å². The van der Waals surface area contributed by atoms with E-state index in [9.17, 15) is 4.79 Å². The van der Waals surface area contributed by atoms with Crippen molar-refractivity contribution in [1.82, 2.24) is 4.98 Å². The number of hydrogen-bond acceptors (Lipinski definition) is 4. The first-order valence-corrected chi connectivity index (χ1v) is 11.1. The van der Waals surface area contributed by atoms with Crippen LogP contribution < -0.4 is 5.32 Å². The number of aryl methyl sites for hydroxylation is 4. The molecule has 0 unspecified atom stereocenters. The van der Waals surface area contributed by atoms with E-state index in [1.807, 2.05) is 42.6 Å². The van der Waals surface area contributed by atoms with Crippen LogP contribution >= 0.6 is 22.7 Å². The van der Waals surface area contributed by atoms with E-state index < -0.39 is 0 Å². The Hall–Kier alpha value is -2.76.